The van der Waals surface area contributed by atoms with Gasteiger partial charge >= 0.3 is 5.97 Å². The van der Waals surface area contributed by atoms with Gasteiger partial charge in [-0.2, -0.15) is 0 Å². The van der Waals surface area contributed by atoms with Gasteiger partial charge in [0.25, 0.3) is 0 Å². The van der Waals surface area contributed by atoms with E-state index in [2.05, 4.69) is 41.1 Å². The number of nitrogens with one attached hydrogen (secondary N) is 1. The minimum absolute atomic E-state index is 0.134. The monoisotopic (exact) mass is 486 g/mol. The van der Waals surface area contributed by atoms with E-state index >= 15 is 0 Å². The number of imidazole rings is 1. The fourth-order valence-electron chi connectivity index (χ4n) is 6.40. The molecule has 2 aliphatic heterocycles. The molecule has 0 unspecified atom stereocenters. The van der Waals surface area contributed by atoms with Gasteiger partial charge < -0.3 is 19.9 Å². The summed E-state index contributed by atoms with van der Waals surface area (Å²) in [6.07, 6.45) is 7.60. The molecule has 1 amide bonds. The molecule has 6 rings (SSSR count). The van der Waals surface area contributed by atoms with Crippen molar-refractivity contribution in [1.29, 1.82) is 0 Å². The predicted molar refractivity (Wildman–Crippen MR) is 141 cm³/mol. The number of nitrogens with zero attached hydrogens (tertiary/aromatic N) is 3. The van der Waals surface area contributed by atoms with Crippen LogP contribution in [0, 0.1) is 5.92 Å². The van der Waals surface area contributed by atoms with Crippen molar-refractivity contribution in [2.45, 2.75) is 76.8 Å². The molecule has 36 heavy (non-hydrogen) atoms. The van der Waals surface area contributed by atoms with E-state index in [-0.39, 0.29) is 17.9 Å². The van der Waals surface area contributed by atoms with Crippen LogP contribution < -0.4 is 10.2 Å². The molecule has 3 aromatic rings. The average molecular weight is 487 g/mol. The fourth-order valence-corrected chi connectivity index (χ4v) is 6.40. The first-order valence-electron chi connectivity index (χ1n) is 13.4. The largest absolute Gasteiger partial charge is 0.481 e. The van der Waals surface area contributed by atoms with Crippen molar-refractivity contribution in [2.75, 3.05) is 16.8 Å². The SMILES string of the molecule is C[C@H]1CCc2c(ccc3c2nc(Cc2ccc(N4CCCC4=O)cc2)n3[C@@H]2CCC[C@@H](C(=O)O)C2)N1. The zero-order valence-corrected chi connectivity index (χ0v) is 20.9. The molecule has 0 spiro atoms. The molecule has 1 saturated heterocycles. The average Bonchev–Trinajstić information content (AvgIpc) is 3.47. The Balaban J connectivity index is 1.38. The van der Waals surface area contributed by atoms with Crippen LogP contribution in [0.5, 0.6) is 0 Å². The standard InChI is InChI=1S/C29H34N4O3/c1-18-7-12-23-24(30-18)13-14-25-28(23)31-26(33(25)22-5-2-4-20(17-22)29(35)36)16-19-8-10-21(11-9-19)32-15-3-6-27(32)34/h8-11,13-14,18,20,22,30H,2-7,12,15-17H2,1H3,(H,35,36)/t18-,20+,22+/m0/s1. The maximum absolute atomic E-state index is 12.1. The normalized spacial score (nSPS) is 24.1. The van der Waals surface area contributed by atoms with Crippen LogP contribution in [0.1, 0.15) is 74.9 Å². The highest BCUT2D eigenvalue weighted by atomic mass is 16.4. The summed E-state index contributed by atoms with van der Waals surface area (Å²) < 4.78 is 2.35. The summed E-state index contributed by atoms with van der Waals surface area (Å²) in [5.41, 5.74) is 6.73. The summed E-state index contributed by atoms with van der Waals surface area (Å²) in [7, 11) is 0. The van der Waals surface area contributed by atoms with E-state index in [1.54, 1.807) is 0 Å². The molecule has 2 fully saturated rings. The molecule has 0 bridgehead atoms. The molecule has 1 aromatic heterocycles. The Bertz CT molecular complexity index is 1310. The second-order valence-electron chi connectivity index (χ2n) is 10.8. The van der Waals surface area contributed by atoms with Gasteiger partial charge in [-0.25, -0.2) is 4.98 Å². The number of aliphatic carboxylic acids is 1. The van der Waals surface area contributed by atoms with Gasteiger partial charge in [-0.1, -0.05) is 18.6 Å². The number of aryl methyl sites for hydroxylation is 1. The van der Waals surface area contributed by atoms with Crippen LogP contribution in [0.4, 0.5) is 11.4 Å². The van der Waals surface area contributed by atoms with Crippen LogP contribution in [0.2, 0.25) is 0 Å². The molecule has 3 atom stereocenters. The number of fused-ring (bicyclic) bond motifs is 3. The number of carbonyl (C=O) groups is 2. The number of carboxylic acid groups (broad SMARTS) is 1. The molecule has 7 heteroatoms. The van der Waals surface area contributed by atoms with Gasteiger partial charge in [-0.15, -0.1) is 0 Å². The number of carboxylic acids is 1. The smallest absolute Gasteiger partial charge is 0.306 e. The minimum Gasteiger partial charge on any atom is -0.481 e. The molecule has 188 valence electrons. The van der Waals surface area contributed by atoms with Crippen LogP contribution in [-0.2, 0) is 22.4 Å². The summed E-state index contributed by atoms with van der Waals surface area (Å²) >= 11 is 0. The summed E-state index contributed by atoms with van der Waals surface area (Å²) in [6, 6.07) is 13.2. The molecule has 0 radical (unpaired) electrons. The lowest BCUT2D eigenvalue weighted by atomic mass is 9.85. The van der Waals surface area contributed by atoms with Crippen molar-refractivity contribution in [2.24, 2.45) is 5.92 Å². The van der Waals surface area contributed by atoms with Gasteiger partial charge in [-0.05, 0) is 75.3 Å². The van der Waals surface area contributed by atoms with E-state index in [1.807, 2.05) is 17.0 Å². The van der Waals surface area contributed by atoms with E-state index in [9.17, 15) is 14.7 Å². The zero-order chi connectivity index (χ0) is 24.8. The maximum Gasteiger partial charge on any atom is 0.306 e. The Kier molecular flexibility index (Phi) is 5.94. The fraction of sp³-hybridized carbons (Fsp3) is 0.483. The van der Waals surface area contributed by atoms with Crippen LogP contribution >= 0.6 is 0 Å². The highest BCUT2D eigenvalue weighted by Crippen LogP contribution is 2.39. The second-order valence-corrected chi connectivity index (χ2v) is 10.8. The third-order valence-electron chi connectivity index (χ3n) is 8.31. The van der Waals surface area contributed by atoms with Crippen molar-refractivity contribution in [3.05, 3.63) is 53.3 Å². The molecular weight excluding hydrogens is 452 g/mol. The van der Waals surface area contributed by atoms with E-state index in [4.69, 9.17) is 4.98 Å². The molecule has 1 saturated carbocycles. The Morgan fingerprint density at radius 3 is 2.67 bits per heavy atom. The number of carbonyl (C=O) groups excluding carboxylic acids is 1. The predicted octanol–water partition coefficient (Wildman–Crippen LogP) is 5.32. The molecule has 2 aromatic carbocycles. The maximum atomic E-state index is 12.1. The minimum atomic E-state index is -0.687. The van der Waals surface area contributed by atoms with E-state index < -0.39 is 5.97 Å². The highest BCUT2D eigenvalue weighted by Gasteiger charge is 2.31. The summed E-state index contributed by atoms with van der Waals surface area (Å²) in [4.78, 5) is 31.1. The first-order chi connectivity index (χ1) is 17.5. The summed E-state index contributed by atoms with van der Waals surface area (Å²) in [5.74, 6) is 0.209. The Morgan fingerprint density at radius 1 is 1.08 bits per heavy atom. The van der Waals surface area contributed by atoms with Gasteiger partial charge in [0.15, 0.2) is 0 Å². The first-order valence-corrected chi connectivity index (χ1v) is 13.4. The molecule has 1 aliphatic carbocycles. The van der Waals surface area contributed by atoms with Crippen molar-refractivity contribution in [3.8, 4) is 0 Å². The van der Waals surface area contributed by atoms with Crippen molar-refractivity contribution in [1.82, 2.24) is 9.55 Å². The van der Waals surface area contributed by atoms with Crippen LogP contribution in [0.15, 0.2) is 36.4 Å². The first kappa shape index (κ1) is 23.1. The lowest BCUT2D eigenvalue weighted by Crippen LogP contribution is -2.25. The van der Waals surface area contributed by atoms with Crippen molar-refractivity contribution in [3.63, 3.8) is 0 Å². The van der Waals surface area contributed by atoms with Gasteiger partial charge in [0, 0.05) is 48.4 Å². The number of hydrogen-bond donors (Lipinski definition) is 2. The number of rotatable bonds is 5. The number of hydrogen-bond acceptors (Lipinski definition) is 4. The quantitative estimate of drug-likeness (QED) is 0.510. The Hall–Kier alpha value is -3.35. The van der Waals surface area contributed by atoms with Gasteiger partial charge in [0.1, 0.15) is 5.82 Å². The van der Waals surface area contributed by atoms with Crippen LogP contribution in [-0.4, -0.2) is 39.1 Å². The molecular formula is C29H34N4O3. The van der Waals surface area contributed by atoms with Gasteiger partial charge in [-0.3, -0.25) is 9.59 Å². The molecule has 3 heterocycles. The lowest BCUT2D eigenvalue weighted by Gasteiger charge is -2.30. The van der Waals surface area contributed by atoms with E-state index in [0.717, 1.165) is 73.2 Å². The third-order valence-corrected chi connectivity index (χ3v) is 8.31. The van der Waals surface area contributed by atoms with Crippen LogP contribution in [0.3, 0.4) is 0 Å². The van der Waals surface area contributed by atoms with Crippen LogP contribution in [0.25, 0.3) is 11.0 Å². The van der Waals surface area contributed by atoms with Crippen molar-refractivity contribution >= 4 is 34.3 Å². The summed E-state index contributed by atoms with van der Waals surface area (Å²) in [5, 5.41) is 13.3. The second kappa shape index (κ2) is 9.26. The topological polar surface area (TPSA) is 87.5 Å². The summed E-state index contributed by atoms with van der Waals surface area (Å²) in [6.45, 7) is 3.00. The third kappa shape index (κ3) is 4.14. The molecule has 7 nitrogen and oxygen atoms in total. The number of aromatic nitrogens is 2. The van der Waals surface area contributed by atoms with Crippen molar-refractivity contribution < 1.29 is 14.7 Å². The van der Waals surface area contributed by atoms with Gasteiger partial charge in [0.2, 0.25) is 5.91 Å². The zero-order valence-electron chi connectivity index (χ0n) is 20.9. The van der Waals surface area contributed by atoms with E-state index in [0.29, 0.717) is 25.3 Å². The number of benzene rings is 2. The molecule has 3 aliphatic rings. The number of amides is 1. The number of anilines is 2. The van der Waals surface area contributed by atoms with E-state index in [1.165, 1.54) is 11.3 Å². The molecule has 2 N–H and O–H groups in total. The highest BCUT2D eigenvalue weighted by molar-refractivity contribution is 5.95. The Morgan fingerprint density at radius 2 is 1.92 bits per heavy atom. The lowest BCUT2D eigenvalue weighted by molar-refractivity contribution is -0.143. The Labute approximate surface area is 211 Å². The van der Waals surface area contributed by atoms with Gasteiger partial charge in [0.05, 0.1) is 17.0 Å².